The standard InChI is InChI=1S/C15H15N3O2/c1-10-11(2)18-20-15(10)17-14(19)13-7-3-5-12(9-13)6-4-8-16/h3,5,7,9H,8,16H2,1-2H3,(H,17,19). The average molecular weight is 269 g/mol. The van der Waals surface area contributed by atoms with E-state index in [4.69, 9.17) is 10.3 Å². The highest BCUT2D eigenvalue weighted by Gasteiger charge is 2.13. The van der Waals surface area contributed by atoms with Crippen LogP contribution in [-0.2, 0) is 0 Å². The minimum Gasteiger partial charge on any atom is -0.338 e. The summed E-state index contributed by atoms with van der Waals surface area (Å²) in [6.07, 6.45) is 0. The maximum atomic E-state index is 12.1. The number of rotatable bonds is 2. The number of nitrogens with two attached hydrogens (primary N) is 1. The van der Waals surface area contributed by atoms with Crippen molar-refractivity contribution in [2.24, 2.45) is 5.73 Å². The van der Waals surface area contributed by atoms with Crippen LogP contribution in [0.1, 0.15) is 27.2 Å². The van der Waals surface area contributed by atoms with Gasteiger partial charge in [-0.15, -0.1) is 0 Å². The second-order valence-corrected chi connectivity index (χ2v) is 4.26. The molecule has 0 spiro atoms. The van der Waals surface area contributed by atoms with E-state index >= 15 is 0 Å². The van der Waals surface area contributed by atoms with Crippen molar-refractivity contribution >= 4 is 11.8 Å². The van der Waals surface area contributed by atoms with Crippen LogP contribution in [0.25, 0.3) is 0 Å². The van der Waals surface area contributed by atoms with Crippen molar-refractivity contribution < 1.29 is 9.32 Å². The molecule has 0 unspecified atom stereocenters. The van der Waals surface area contributed by atoms with Gasteiger partial charge in [0.1, 0.15) is 0 Å². The van der Waals surface area contributed by atoms with Crippen molar-refractivity contribution in [3.63, 3.8) is 0 Å². The van der Waals surface area contributed by atoms with Crippen LogP contribution in [0.4, 0.5) is 5.88 Å². The zero-order valence-corrected chi connectivity index (χ0v) is 11.4. The van der Waals surface area contributed by atoms with Crippen molar-refractivity contribution in [2.75, 3.05) is 11.9 Å². The molecule has 0 aliphatic carbocycles. The maximum absolute atomic E-state index is 12.1. The minimum absolute atomic E-state index is 0.263. The molecule has 0 aliphatic rings. The predicted octanol–water partition coefficient (Wildman–Crippen LogP) is 1.85. The van der Waals surface area contributed by atoms with Crippen LogP contribution >= 0.6 is 0 Å². The van der Waals surface area contributed by atoms with Gasteiger partial charge in [-0.05, 0) is 32.0 Å². The molecular formula is C15H15N3O2. The third kappa shape index (κ3) is 3.05. The quantitative estimate of drug-likeness (QED) is 0.815. The maximum Gasteiger partial charge on any atom is 0.258 e. The van der Waals surface area contributed by atoms with Crippen LogP contribution in [0, 0.1) is 25.7 Å². The fraction of sp³-hybridized carbons (Fsp3) is 0.200. The Kier molecular flexibility index (Phi) is 4.18. The molecule has 3 N–H and O–H groups in total. The first kappa shape index (κ1) is 13.8. The van der Waals surface area contributed by atoms with Crippen LogP contribution in [0.15, 0.2) is 28.8 Å². The Morgan fingerprint density at radius 2 is 2.25 bits per heavy atom. The molecule has 20 heavy (non-hydrogen) atoms. The van der Waals surface area contributed by atoms with Gasteiger partial charge in [-0.25, -0.2) is 0 Å². The number of aromatic nitrogens is 1. The number of nitrogens with one attached hydrogen (secondary N) is 1. The van der Waals surface area contributed by atoms with E-state index in [0.29, 0.717) is 11.4 Å². The van der Waals surface area contributed by atoms with Gasteiger partial charge in [-0.3, -0.25) is 10.1 Å². The van der Waals surface area contributed by atoms with Crippen molar-refractivity contribution in [1.29, 1.82) is 0 Å². The molecule has 1 aromatic heterocycles. The summed E-state index contributed by atoms with van der Waals surface area (Å²) in [5.41, 5.74) is 8.14. The van der Waals surface area contributed by atoms with Gasteiger partial charge < -0.3 is 10.3 Å². The van der Waals surface area contributed by atoms with Crippen LogP contribution in [0.2, 0.25) is 0 Å². The van der Waals surface area contributed by atoms with E-state index in [1.54, 1.807) is 18.2 Å². The first-order chi connectivity index (χ1) is 9.61. The van der Waals surface area contributed by atoms with E-state index in [-0.39, 0.29) is 12.5 Å². The second kappa shape index (κ2) is 6.04. The van der Waals surface area contributed by atoms with E-state index in [2.05, 4.69) is 22.3 Å². The monoisotopic (exact) mass is 269 g/mol. The highest BCUT2D eigenvalue weighted by Crippen LogP contribution is 2.18. The highest BCUT2D eigenvalue weighted by atomic mass is 16.5. The Bertz CT molecular complexity index is 693. The number of benzene rings is 1. The summed E-state index contributed by atoms with van der Waals surface area (Å²) < 4.78 is 5.06. The normalized spacial score (nSPS) is 9.75. The van der Waals surface area contributed by atoms with Gasteiger partial charge >= 0.3 is 0 Å². The Morgan fingerprint density at radius 1 is 1.45 bits per heavy atom. The number of aryl methyl sites for hydroxylation is 1. The lowest BCUT2D eigenvalue weighted by molar-refractivity contribution is 0.102. The summed E-state index contributed by atoms with van der Waals surface area (Å²) in [5.74, 6) is 5.74. The first-order valence-electron chi connectivity index (χ1n) is 6.15. The summed E-state index contributed by atoms with van der Waals surface area (Å²) in [7, 11) is 0. The average Bonchev–Trinajstić information content (AvgIpc) is 2.77. The molecule has 2 rings (SSSR count). The molecule has 0 saturated heterocycles. The molecule has 1 aromatic carbocycles. The Hall–Kier alpha value is -2.58. The molecule has 0 radical (unpaired) electrons. The van der Waals surface area contributed by atoms with Crippen LogP contribution in [-0.4, -0.2) is 17.6 Å². The fourth-order valence-electron chi connectivity index (χ4n) is 1.60. The number of carbonyl (C=O) groups excluding carboxylic acids is 1. The van der Waals surface area contributed by atoms with Gasteiger partial charge in [0.05, 0.1) is 12.2 Å². The van der Waals surface area contributed by atoms with Crippen LogP contribution in [0.5, 0.6) is 0 Å². The van der Waals surface area contributed by atoms with E-state index in [0.717, 1.165) is 16.8 Å². The smallest absolute Gasteiger partial charge is 0.258 e. The van der Waals surface area contributed by atoms with Crippen molar-refractivity contribution in [3.8, 4) is 11.8 Å². The first-order valence-corrected chi connectivity index (χ1v) is 6.15. The van der Waals surface area contributed by atoms with Gasteiger partial charge in [0.2, 0.25) is 5.88 Å². The zero-order chi connectivity index (χ0) is 14.5. The summed E-state index contributed by atoms with van der Waals surface area (Å²) >= 11 is 0. The third-order valence-electron chi connectivity index (χ3n) is 2.84. The van der Waals surface area contributed by atoms with Gasteiger partial charge in [-0.1, -0.05) is 23.1 Å². The Labute approximate surface area is 117 Å². The molecule has 0 saturated carbocycles. The summed E-state index contributed by atoms with van der Waals surface area (Å²) in [6.45, 7) is 3.94. The van der Waals surface area contributed by atoms with E-state index < -0.39 is 0 Å². The van der Waals surface area contributed by atoms with E-state index in [1.165, 1.54) is 0 Å². The van der Waals surface area contributed by atoms with Crippen molar-refractivity contribution in [3.05, 3.63) is 46.6 Å². The number of carbonyl (C=O) groups is 1. The molecule has 0 atom stereocenters. The molecular weight excluding hydrogens is 254 g/mol. The summed E-state index contributed by atoms with van der Waals surface area (Å²) in [4.78, 5) is 12.1. The Balaban J connectivity index is 2.19. The zero-order valence-electron chi connectivity index (χ0n) is 11.4. The predicted molar refractivity (Wildman–Crippen MR) is 76.3 cm³/mol. The van der Waals surface area contributed by atoms with Crippen LogP contribution < -0.4 is 11.1 Å². The SMILES string of the molecule is Cc1noc(NC(=O)c2cccc(C#CCN)c2)c1C. The highest BCUT2D eigenvalue weighted by molar-refractivity contribution is 6.04. The third-order valence-corrected chi connectivity index (χ3v) is 2.84. The molecule has 1 amide bonds. The van der Waals surface area contributed by atoms with Gasteiger partial charge in [0.25, 0.3) is 5.91 Å². The molecule has 5 nitrogen and oxygen atoms in total. The largest absolute Gasteiger partial charge is 0.338 e. The van der Waals surface area contributed by atoms with E-state index in [1.807, 2.05) is 19.9 Å². The van der Waals surface area contributed by atoms with E-state index in [9.17, 15) is 4.79 Å². The molecule has 5 heteroatoms. The summed E-state index contributed by atoms with van der Waals surface area (Å²) in [5, 5.41) is 6.48. The molecule has 102 valence electrons. The van der Waals surface area contributed by atoms with Gasteiger partial charge in [0.15, 0.2) is 0 Å². The topological polar surface area (TPSA) is 81.2 Å². The number of nitrogens with zero attached hydrogens (tertiary/aromatic N) is 1. The van der Waals surface area contributed by atoms with Gasteiger partial charge in [-0.2, -0.15) is 0 Å². The fourth-order valence-corrected chi connectivity index (χ4v) is 1.60. The second-order valence-electron chi connectivity index (χ2n) is 4.26. The van der Waals surface area contributed by atoms with Crippen molar-refractivity contribution in [1.82, 2.24) is 5.16 Å². The molecule has 1 heterocycles. The number of anilines is 1. The lowest BCUT2D eigenvalue weighted by atomic mass is 10.1. The molecule has 2 aromatic rings. The molecule has 0 bridgehead atoms. The minimum atomic E-state index is -0.263. The Morgan fingerprint density at radius 3 is 2.90 bits per heavy atom. The van der Waals surface area contributed by atoms with Crippen molar-refractivity contribution in [2.45, 2.75) is 13.8 Å². The number of hydrogen-bond acceptors (Lipinski definition) is 4. The summed E-state index contributed by atoms with van der Waals surface area (Å²) in [6, 6.07) is 7.01. The number of hydrogen-bond donors (Lipinski definition) is 2. The molecule has 0 aliphatic heterocycles. The van der Waals surface area contributed by atoms with Crippen LogP contribution in [0.3, 0.4) is 0 Å². The molecule has 0 fully saturated rings. The van der Waals surface area contributed by atoms with Gasteiger partial charge in [0, 0.05) is 16.7 Å². The number of amides is 1. The lowest BCUT2D eigenvalue weighted by Gasteiger charge is -2.03. The lowest BCUT2D eigenvalue weighted by Crippen LogP contribution is -2.12.